The van der Waals surface area contributed by atoms with Crippen molar-refractivity contribution in [2.75, 3.05) is 7.11 Å². The van der Waals surface area contributed by atoms with Crippen molar-refractivity contribution in [2.24, 2.45) is 23.7 Å². The predicted octanol–water partition coefficient (Wildman–Crippen LogP) is 2.01. The number of carbonyl (C=O) groups is 3. The van der Waals surface area contributed by atoms with E-state index >= 15 is 0 Å². The molecule has 1 aliphatic carbocycles. The quantitative estimate of drug-likeness (QED) is 0.568. The Balaban J connectivity index is 3.02. The Labute approximate surface area is 108 Å². The van der Waals surface area contributed by atoms with Gasteiger partial charge in [0.05, 0.1) is 13.0 Å². The first-order valence-electron chi connectivity index (χ1n) is 6.58. The van der Waals surface area contributed by atoms with Gasteiger partial charge < -0.3 is 4.74 Å². The highest BCUT2D eigenvalue weighted by atomic mass is 16.5. The fraction of sp³-hybridized carbons (Fsp3) is 0.786. The van der Waals surface area contributed by atoms with E-state index < -0.39 is 17.8 Å². The molecule has 4 heteroatoms. The molecule has 18 heavy (non-hydrogen) atoms. The van der Waals surface area contributed by atoms with E-state index in [-0.39, 0.29) is 23.4 Å². The Morgan fingerprint density at radius 2 is 2.00 bits per heavy atom. The Kier molecular flexibility index (Phi) is 5.05. The largest absolute Gasteiger partial charge is 0.468 e. The summed E-state index contributed by atoms with van der Waals surface area (Å²) in [7, 11) is 1.29. The molecule has 0 radical (unpaired) electrons. The highest BCUT2D eigenvalue weighted by Gasteiger charge is 2.47. The van der Waals surface area contributed by atoms with Crippen LogP contribution in [-0.2, 0) is 19.1 Å². The van der Waals surface area contributed by atoms with Crippen molar-refractivity contribution < 1.29 is 19.1 Å². The van der Waals surface area contributed by atoms with Crippen LogP contribution in [0.2, 0.25) is 0 Å². The molecule has 102 valence electrons. The number of hydrogen-bond acceptors (Lipinski definition) is 4. The molecule has 3 atom stereocenters. The van der Waals surface area contributed by atoms with Crippen LogP contribution >= 0.6 is 0 Å². The summed E-state index contributed by atoms with van der Waals surface area (Å²) in [5.41, 5.74) is 0. The highest BCUT2D eigenvalue weighted by molar-refractivity contribution is 6.12. The van der Waals surface area contributed by atoms with Crippen LogP contribution in [0.15, 0.2) is 0 Å². The number of Topliss-reactive ketones (excluding diaryl/α,β-unsaturated/α-hetero) is 2. The summed E-state index contributed by atoms with van der Waals surface area (Å²) in [6.07, 6.45) is 1.62. The number of methoxy groups -OCH3 is 1. The molecule has 0 heterocycles. The molecular weight excluding hydrogens is 232 g/mol. The first-order chi connectivity index (χ1) is 8.43. The van der Waals surface area contributed by atoms with Gasteiger partial charge in [0, 0.05) is 6.42 Å². The van der Waals surface area contributed by atoms with Gasteiger partial charge in [0.15, 0.2) is 5.78 Å². The molecule has 1 aliphatic rings. The fourth-order valence-electron chi connectivity index (χ4n) is 2.71. The van der Waals surface area contributed by atoms with E-state index in [2.05, 4.69) is 0 Å². The van der Waals surface area contributed by atoms with Gasteiger partial charge in [-0.1, -0.05) is 27.2 Å². The summed E-state index contributed by atoms with van der Waals surface area (Å²) < 4.78 is 4.73. The minimum Gasteiger partial charge on any atom is -0.468 e. The van der Waals surface area contributed by atoms with Crippen molar-refractivity contribution in [3.8, 4) is 0 Å². The standard InChI is InChI=1S/C14H22O4/c1-5-6-9-11(15)7-10(8(2)3)12(13(9)16)14(17)18-4/h8-10,12H,5-7H2,1-4H3. The van der Waals surface area contributed by atoms with Gasteiger partial charge >= 0.3 is 5.97 Å². The molecular formula is C14H22O4. The topological polar surface area (TPSA) is 60.4 Å². The molecule has 4 nitrogen and oxygen atoms in total. The second-order valence-corrected chi connectivity index (χ2v) is 5.32. The van der Waals surface area contributed by atoms with Gasteiger partial charge in [-0.05, 0) is 18.3 Å². The second-order valence-electron chi connectivity index (χ2n) is 5.32. The smallest absolute Gasteiger partial charge is 0.316 e. The van der Waals surface area contributed by atoms with Crippen molar-refractivity contribution in [2.45, 2.75) is 40.0 Å². The lowest BCUT2D eigenvalue weighted by atomic mass is 9.67. The lowest BCUT2D eigenvalue weighted by molar-refractivity contribution is -0.158. The normalized spacial score (nSPS) is 28.6. The number of ether oxygens (including phenoxy) is 1. The molecule has 1 saturated carbocycles. The van der Waals surface area contributed by atoms with Crippen LogP contribution in [0.3, 0.4) is 0 Å². The zero-order valence-electron chi connectivity index (χ0n) is 11.6. The Bertz CT molecular complexity index is 344. The summed E-state index contributed by atoms with van der Waals surface area (Å²) in [5, 5.41) is 0. The van der Waals surface area contributed by atoms with Crippen LogP contribution in [0.4, 0.5) is 0 Å². The lowest BCUT2D eigenvalue weighted by Gasteiger charge is -2.34. The van der Waals surface area contributed by atoms with Crippen LogP contribution in [0.5, 0.6) is 0 Å². The zero-order chi connectivity index (χ0) is 13.9. The Hall–Kier alpha value is -1.19. The molecule has 1 fully saturated rings. The van der Waals surface area contributed by atoms with Crippen molar-refractivity contribution in [3.05, 3.63) is 0 Å². The number of hydrogen-bond donors (Lipinski definition) is 0. The molecule has 3 unspecified atom stereocenters. The molecule has 1 rings (SSSR count). The number of carbonyl (C=O) groups excluding carboxylic acids is 3. The molecule has 0 aliphatic heterocycles. The van der Waals surface area contributed by atoms with Crippen molar-refractivity contribution in [1.82, 2.24) is 0 Å². The summed E-state index contributed by atoms with van der Waals surface area (Å²) in [6.45, 7) is 5.80. The number of ketones is 2. The lowest BCUT2D eigenvalue weighted by Crippen LogP contribution is -2.46. The van der Waals surface area contributed by atoms with E-state index in [1.54, 1.807) is 0 Å². The van der Waals surface area contributed by atoms with Crippen molar-refractivity contribution in [1.29, 1.82) is 0 Å². The third-order valence-corrected chi connectivity index (χ3v) is 3.79. The molecule has 0 amide bonds. The maximum absolute atomic E-state index is 12.3. The van der Waals surface area contributed by atoms with E-state index in [1.807, 2.05) is 20.8 Å². The highest BCUT2D eigenvalue weighted by Crippen LogP contribution is 2.36. The van der Waals surface area contributed by atoms with Gasteiger partial charge in [-0.3, -0.25) is 14.4 Å². The van der Waals surface area contributed by atoms with Gasteiger partial charge in [0.25, 0.3) is 0 Å². The molecule has 0 spiro atoms. The molecule has 0 bridgehead atoms. The van der Waals surface area contributed by atoms with Crippen molar-refractivity contribution >= 4 is 17.5 Å². The van der Waals surface area contributed by atoms with Gasteiger partial charge in [-0.25, -0.2) is 0 Å². The number of rotatable bonds is 4. The minimum absolute atomic E-state index is 0.0132. The fourth-order valence-corrected chi connectivity index (χ4v) is 2.71. The molecule has 0 saturated heterocycles. The third-order valence-electron chi connectivity index (χ3n) is 3.79. The molecule has 0 N–H and O–H groups in total. The molecule has 0 aromatic carbocycles. The Morgan fingerprint density at radius 3 is 2.44 bits per heavy atom. The average molecular weight is 254 g/mol. The summed E-state index contributed by atoms with van der Waals surface area (Å²) in [6, 6.07) is 0. The summed E-state index contributed by atoms with van der Waals surface area (Å²) >= 11 is 0. The average Bonchev–Trinajstić information content (AvgIpc) is 2.32. The van der Waals surface area contributed by atoms with E-state index in [0.29, 0.717) is 12.8 Å². The van der Waals surface area contributed by atoms with Crippen LogP contribution in [0.1, 0.15) is 40.0 Å². The molecule has 0 aromatic rings. The van der Waals surface area contributed by atoms with Gasteiger partial charge in [-0.2, -0.15) is 0 Å². The van der Waals surface area contributed by atoms with E-state index in [1.165, 1.54) is 7.11 Å². The van der Waals surface area contributed by atoms with Crippen LogP contribution in [-0.4, -0.2) is 24.6 Å². The van der Waals surface area contributed by atoms with E-state index in [9.17, 15) is 14.4 Å². The number of esters is 1. The maximum Gasteiger partial charge on any atom is 0.316 e. The minimum atomic E-state index is -0.760. The van der Waals surface area contributed by atoms with Gasteiger partial charge in [0.2, 0.25) is 0 Å². The predicted molar refractivity (Wildman–Crippen MR) is 66.9 cm³/mol. The van der Waals surface area contributed by atoms with Crippen LogP contribution in [0.25, 0.3) is 0 Å². The summed E-state index contributed by atoms with van der Waals surface area (Å²) in [4.78, 5) is 36.1. The summed E-state index contributed by atoms with van der Waals surface area (Å²) in [5.74, 6) is -2.21. The third kappa shape index (κ3) is 2.79. The molecule has 0 aromatic heterocycles. The monoisotopic (exact) mass is 254 g/mol. The van der Waals surface area contributed by atoms with Crippen molar-refractivity contribution in [3.63, 3.8) is 0 Å². The first kappa shape index (κ1) is 14.9. The van der Waals surface area contributed by atoms with E-state index in [4.69, 9.17) is 4.74 Å². The van der Waals surface area contributed by atoms with E-state index in [0.717, 1.165) is 6.42 Å². The van der Waals surface area contributed by atoms with Crippen LogP contribution in [0, 0.1) is 23.7 Å². The second kappa shape index (κ2) is 6.12. The Morgan fingerprint density at radius 1 is 1.39 bits per heavy atom. The van der Waals surface area contributed by atoms with Crippen LogP contribution < -0.4 is 0 Å². The van der Waals surface area contributed by atoms with Gasteiger partial charge in [-0.15, -0.1) is 0 Å². The van der Waals surface area contributed by atoms with Gasteiger partial charge in [0.1, 0.15) is 11.7 Å². The SMILES string of the molecule is CCCC1C(=O)CC(C(C)C)C(C(=O)OC)C1=O. The maximum atomic E-state index is 12.3. The zero-order valence-corrected chi connectivity index (χ0v) is 11.6. The first-order valence-corrected chi connectivity index (χ1v) is 6.58.